The van der Waals surface area contributed by atoms with Gasteiger partial charge in [-0.05, 0) is 35.1 Å². The van der Waals surface area contributed by atoms with Gasteiger partial charge in [-0.25, -0.2) is 4.39 Å². The molecule has 0 bridgehead atoms. The minimum Gasteiger partial charge on any atom is -0.423 e. The molecule has 0 aliphatic carbocycles. The van der Waals surface area contributed by atoms with E-state index in [9.17, 15) is 19.2 Å². The molecule has 0 radical (unpaired) electrons. The first-order valence-electron chi connectivity index (χ1n) is 7.63. The van der Waals surface area contributed by atoms with Crippen LogP contribution in [-0.4, -0.2) is 34.6 Å². The van der Waals surface area contributed by atoms with Crippen molar-refractivity contribution in [3.8, 4) is 11.3 Å². The second-order valence-corrected chi connectivity index (χ2v) is 5.86. The first-order valence-corrected chi connectivity index (χ1v) is 7.63. The average molecular weight is 324 g/mol. The number of nitrogens with one attached hydrogen (secondary N) is 2. The highest BCUT2D eigenvalue weighted by atomic mass is 19.1. The van der Waals surface area contributed by atoms with Crippen LogP contribution in [-0.2, 0) is 6.42 Å². The summed E-state index contributed by atoms with van der Waals surface area (Å²) in [5, 5.41) is 21.9. The van der Waals surface area contributed by atoms with E-state index in [2.05, 4.69) is 10.3 Å². The van der Waals surface area contributed by atoms with Crippen molar-refractivity contribution in [2.24, 2.45) is 0 Å². The van der Waals surface area contributed by atoms with Crippen LogP contribution in [0.5, 0.6) is 0 Å². The normalized spacial score (nSPS) is 13.7. The van der Waals surface area contributed by atoms with Crippen molar-refractivity contribution >= 4 is 29.4 Å². The molecule has 1 amide bonds. The van der Waals surface area contributed by atoms with Crippen LogP contribution in [0, 0.1) is 5.82 Å². The van der Waals surface area contributed by atoms with Crippen molar-refractivity contribution in [3.63, 3.8) is 0 Å². The SMILES string of the molecule is O=C1NCCc2c(-c3ccc(B(O)O)cc3)[nH]c3cc(F)cc1c23. The number of aromatic amines is 1. The molecule has 1 aliphatic heterocycles. The van der Waals surface area contributed by atoms with Crippen LogP contribution in [0.1, 0.15) is 15.9 Å². The van der Waals surface area contributed by atoms with Crippen molar-refractivity contribution in [3.05, 3.63) is 53.3 Å². The Morgan fingerprint density at radius 1 is 1.12 bits per heavy atom. The quantitative estimate of drug-likeness (QED) is 0.529. The van der Waals surface area contributed by atoms with Gasteiger partial charge in [-0.2, -0.15) is 0 Å². The molecule has 1 aromatic heterocycles. The van der Waals surface area contributed by atoms with Gasteiger partial charge in [0, 0.05) is 23.1 Å². The predicted octanol–water partition coefficient (Wildman–Crippen LogP) is 0.940. The van der Waals surface area contributed by atoms with Gasteiger partial charge in [0.15, 0.2) is 0 Å². The molecule has 0 fully saturated rings. The van der Waals surface area contributed by atoms with Crippen molar-refractivity contribution in [2.75, 3.05) is 6.54 Å². The van der Waals surface area contributed by atoms with E-state index >= 15 is 0 Å². The number of H-pyrrole nitrogens is 1. The standard InChI is InChI=1S/C17H14BFN2O3/c19-11-7-13-15-12(5-6-20-17(13)22)16(21-14(15)8-11)9-1-3-10(4-2-9)18(23)24/h1-4,7-8,21,23-24H,5-6H2,(H,20,22). The molecule has 2 heterocycles. The fraction of sp³-hybridized carbons (Fsp3) is 0.118. The smallest absolute Gasteiger partial charge is 0.423 e. The monoisotopic (exact) mass is 324 g/mol. The van der Waals surface area contributed by atoms with Gasteiger partial charge in [0.05, 0.1) is 5.56 Å². The van der Waals surface area contributed by atoms with E-state index in [0.29, 0.717) is 29.5 Å². The number of rotatable bonds is 2. The highest BCUT2D eigenvalue weighted by Gasteiger charge is 2.23. The van der Waals surface area contributed by atoms with Crippen LogP contribution in [0.15, 0.2) is 36.4 Å². The highest BCUT2D eigenvalue weighted by Crippen LogP contribution is 2.34. The van der Waals surface area contributed by atoms with Gasteiger partial charge in [-0.15, -0.1) is 0 Å². The molecule has 24 heavy (non-hydrogen) atoms. The summed E-state index contributed by atoms with van der Waals surface area (Å²) in [5.74, 6) is -0.741. The summed E-state index contributed by atoms with van der Waals surface area (Å²) in [4.78, 5) is 15.4. The van der Waals surface area contributed by atoms with Gasteiger partial charge >= 0.3 is 7.12 Å². The number of halogens is 1. The lowest BCUT2D eigenvalue weighted by atomic mass is 9.80. The van der Waals surface area contributed by atoms with Gasteiger partial charge < -0.3 is 20.3 Å². The van der Waals surface area contributed by atoms with E-state index < -0.39 is 12.9 Å². The molecule has 4 rings (SSSR count). The number of benzene rings is 2. The summed E-state index contributed by atoms with van der Waals surface area (Å²) in [6.07, 6.45) is 0.629. The Balaban J connectivity index is 1.95. The molecule has 0 unspecified atom stereocenters. The molecule has 2 aromatic carbocycles. The Labute approximate surface area is 137 Å². The van der Waals surface area contributed by atoms with E-state index in [1.807, 2.05) is 0 Å². The van der Waals surface area contributed by atoms with Gasteiger partial charge in [0.1, 0.15) is 5.82 Å². The summed E-state index contributed by atoms with van der Waals surface area (Å²) in [6.45, 7) is 0.475. The van der Waals surface area contributed by atoms with Crippen LogP contribution in [0.3, 0.4) is 0 Å². The minimum atomic E-state index is -1.52. The van der Waals surface area contributed by atoms with Crippen molar-refractivity contribution in [2.45, 2.75) is 6.42 Å². The molecule has 1 aliphatic rings. The van der Waals surface area contributed by atoms with Crippen molar-refractivity contribution in [1.82, 2.24) is 10.3 Å². The average Bonchev–Trinajstić information content (AvgIpc) is 2.83. The minimum absolute atomic E-state index is 0.275. The Morgan fingerprint density at radius 3 is 2.58 bits per heavy atom. The third kappa shape index (κ3) is 2.29. The Bertz CT molecular complexity index is 951. The molecule has 120 valence electrons. The number of amides is 1. The maximum absolute atomic E-state index is 13.8. The number of hydrogen-bond donors (Lipinski definition) is 4. The maximum atomic E-state index is 13.8. The molecule has 7 heteroatoms. The van der Waals surface area contributed by atoms with Crippen LogP contribution in [0.2, 0.25) is 0 Å². The highest BCUT2D eigenvalue weighted by molar-refractivity contribution is 6.58. The zero-order chi connectivity index (χ0) is 16.8. The summed E-state index contributed by atoms with van der Waals surface area (Å²) in [6, 6.07) is 9.43. The van der Waals surface area contributed by atoms with E-state index in [4.69, 9.17) is 0 Å². The van der Waals surface area contributed by atoms with E-state index in [0.717, 1.165) is 22.2 Å². The maximum Gasteiger partial charge on any atom is 0.488 e. The number of hydrogen-bond acceptors (Lipinski definition) is 3. The van der Waals surface area contributed by atoms with Crippen LogP contribution >= 0.6 is 0 Å². The third-order valence-electron chi connectivity index (χ3n) is 4.37. The number of aromatic nitrogens is 1. The van der Waals surface area contributed by atoms with E-state index in [-0.39, 0.29) is 5.91 Å². The summed E-state index contributed by atoms with van der Waals surface area (Å²) in [5.41, 5.74) is 3.92. The van der Waals surface area contributed by atoms with Gasteiger partial charge in [-0.1, -0.05) is 24.3 Å². The van der Waals surface area contributed by atoms with Crippen LogP contribution < -0.4 is 10.8 Å². The lowest BCUT2D eigenvalue weighted by molar-refractivity contribution is 0.0957. The predicted molar refractivity (Wildman–Crippen MR) is 89.6 cm³/mol. The molecule has 5 nitrogen and oxygen atoms in total. The lowest BCUT2D eigenvalue weighted by Crippen LogP contribution is -2.29. The second-order valence-electron chi connectivity index (χ2n) is 5.86. The third-order valence-corrected chi connectivity index (χ3v) is 4.37. The van der Waals surface area contributed by atoms with E-state index in [1.165, 1.54) is 12.1 Å². The molecule has 0 spiro atoms. The van der Waals surface area contributed by atoms with Crippen LogP contribution in [0.25, 0.3) is 22.2 Å². The first-order chi connectivity index (χ1) is 11.5. The summed E-state index contributed by atoms with van der Waals surface area (Å²) < 4.78 is 13.8. The summed E-state index contributed by atoms with van der Waals surface area (Å²) in [7, 11) is -1.52. The Hall–Kier alpha value is -2.64. The molecular formula is C17H14BFN2O3. The molecule has 4 N–H and O–H groups in total. The zero-order valence-corrected chi connectivity index (χ0v) is 12.6. The van der Waals surface area contributed by atoms with Gasteiger partial charge in [0.2, 0.25) is 0 Å². The largest absolute Gasteiger partial charge is 0.488 e. The molecule has 0 atom stereocenters. The Morgan fingerprint density at radius 2 is 1.88 bits per heavy atom. The van der Waals surface area contributed by atoms with Gasteiger partial charge in [0.25, 0.3) is 5.91 Å². The molecular weight excluding hydrogens is 310 g/mol. The molecule has 0 saturated carbocycles. The fourth-order valence-corrected chi connectivity index (χ4v) is 3.26. The first kappa shape index (κ1) is 14.9. The van der Waals surface area contributed by atoms with Crippen molar-refractivity contribution < 1.29 is 19.2 Å². The second kappa shape index (κ2) is 5.47. The molecule has 0 saturated heterocycles. The zero-order valence-electron chi connectivity index (χ0n) is 12.6. The van der Waals surface area contributed by atoms with Gasteiger partial charge in [-0.3, -0.25) is 4.79 Å². The fourth-order valence-electron chi connectivity index (χ4n) is 3.26. The summed E-state index contributed by atoms with van der Waals surface area (Å²) >= 11 is 0. The number of carbonyl (C=O) groups excluding carboxylic acids is 1. The number of carbonyl (C=O) groups is 1. The van der Waals surface area contributed by atoms with Crippen LogP contribution in [0.4, 0.5) is 4.39 Å². The molecule has 3 aromatic rings. The van der Waals surface area contributed by atoms with E-state index in [1.54, 1.807) is 24.3 Å². The lowest BCUT2D eigenvalue weighted by Gasteiger charge is -2.05. The Kier molecular flexibility index (Phi) is 3.40. The van der Waals surface area contributed by atoms with Crippen molar-refractivity contribution in [1.29, 1.82) is 0 Å². The topological polar surface area (TPSA) is 85.3 Å².